The molecule has 1 atom stereocenters. The average Bonchev–Trinajstić information content (AvgIpc) is 2.48. The zero-order chi connectivity index (χ0) is 13.9. The lowest BCUT2D eigenvalue weighted by Crippen LogP contribution is -2.07. The molecule has 1 N–H and O–H groups in total. The molecule has 3 aromatic rings. The summed E-state index contributed by atoms with van der Waals surface area (Å²) in [6.45, 7) is 2.16. The van der Waals surface area contributed by atoms with Gasteiger partial charge in [-0.3, -0.25) is 4.98 Å². The summed E-state index contributed by atoms with van der Waals surface area (Å²) in [6.07, 6.45) is 1.82. The van der Waals surface area contributed by atoms with E-state index in [4.69, 9.17) is 0 Å². The second-order valence-electron chi connectivity index (χ2n) is 4.76. The lowest BCUT2D eigenvalue weighted by molar-refractivity contribution is 0.881. The van der Waals surface area contributed by atoms with Crippen LogP contribution in [0, 0.1) is 0 Å². The Kier molecular flexibility index (Phi) is 3.70. The van der Waals surface area contributed by atoms with Gasteiger partial charge in [0.15, 0.2) is 0 Å². The molecule has 0 saturated carbocycles. The molecule has 100 valence electrons. The fourth-order valence-electron chi connectivity index (χ4n) is 2.37. The fourth-order valence-corrected chi connectivity index (χ4v) is 2.99. The third-order valence-corrected chi connectivity index (χ3v) is 4.11. The molecule has 0 aliphatic rings. The first-order valence-electron chi connectivity index (χ1n) is 6.60. The molecule has 0 aliphatic carbocycles. The van der Waals surface area contributed by atoms with Gasteiger partial charge in [0.1, 0.15) is 0 Å². The molecule has 1 aromatic heterocycles. The molecule has 2 aromatic carbocycles. The smallest absolute Gasteiger partial charge is 0.0722 e. The van der Waals surface area contributed by atoms with Gasteiger partial charge < -0.3 is 5.32 Å². The number of hydrogen-bond donors (Lipinski definition) is 1. The predicted octanol–water partition coefficient (Wildman–Crippen LogP) is 5.17. The van der Waals surface area contributed by atoms with Crippen molar-refractivity contribution in [3.8, 4) is 0 Å². The van der Waals surface area contributed by atoms with E-state index in [1.807, 2.05) is 30.5 Å². The molecule has 0 radical (unpaired) electrons. The maximum atomic E-state index is 4.39. The Hall–Kier alpha value is -1.87. The lowest BCUT2D eigenvalue weighted by Gasteiger charge is -2.18. The van der Waals surface area contributed by atoms with Crippen LogP contribution >= 0.6 is 15.9 Å². The zero-order valence-electron chi connectivity index (χ0n) is 11.2. The van der Waals surface area contributed by atoms with E-state index < -0.39 is 0 Å². The minimum atomic E-state index is 0.219. The highest BCUT2D eigenvalue weighted by Crippen LogP contribution is 2.29. The number of rotatable bonds is 3. The van der Waals surface area contributed by atoms with E-state index in [-0.39, 0.29) is 6.04 Å². The first-order valence-corrected chi connectivity index (χ1v) is 7.40. The largest absolute Gasteiger partial charge is 0.378 e. The van der Waals surface area contributed by atoms with Gasteiger partial charge in [-0.2, -0.15) is 0 Å². The molecule has 3 heteroatoms. The van der Waals surface area contributed by atoms with E-state index in [2.05, 4.69) is 63.5 Å². The number of nitrogens with zero attached hydrogens (tertiary/aromatic N) is 1. The summed E-state index contributed by atoms with van der Waals surface area (Å²) >= 11 is 3.61. The van der Waals surface area contributed by atoms with Crippen molar-refractivity contribution in [1.29, 1.82) is 0 Å². The molecule has 1 heterocycles. The van der Waals surface area contributed by atoms with E-state index in [1.165, 1.54) is 5.56 Å². The summed E-state index contributed by atoms with van der Waals surface area (Å²) in [5.41, 5.74) is 3.36. The molecular weight excluding hydrogens is 312 g/mol. The Morgan fingerprint density at radius 1 is 1.00 bits per heavy atom. The zero-order valence-corrected chi connectivity index (χ0v) is 12.8. The van der Waals surface area contributed by atoms with Gasteiger partial charge in [-0.1, -0.05) is 40.2 Å². The summed E-state index contributed by atoms with van der Waals surface area (Å²) in [6, 6.07) is 18.7. The SMILES string of the molecule is CC(Nc1cccc2ncccc12)c1ccccc1Br. The van der Waals surface area contributed by atoms with Crippen LogP contribution < -0.4 is 5.32 Å². The quantitative estimate of drug-likeness (QED) is 0.718. The van der Waals surface area contributed by atoms with E-state index in [0.29, 0.717) is 0 Å². The van der Waals surface area contributed by atoms with Crippen LogP contribution in [0.4, 0.5) is 5.69 Å². The van der Waals surface area contributed by atoms with Crippen molar-refractivity contribution in [2.45, 2.75) is 13.0 Å². The number of hydrogen-bond acceptors (Lipinski definition) is 2. The Bertz CT molecular complexity index is 734. The summed E-state index contributed by atoms with van der Waals surface area (Å²) in [5.74, 6) is 0. The van der Waals surface area contributed by atoms with Crippen LogP contribution in [0.2, 0.25) is 0 Å². The van der Waals surface area contributed by atoms with Crippen LogP contribution in [0.5, 0.6) is 0 Å². The highest BCUT2D eigenvalue weighted by atomic mass is 79.9. The molecule has 0 amide bonds. The van der Waals surface area contributed by atoms with Crippen LogP contribution in [-0.4, -0.2) is 4.98 Å². The van der Waals surface area contributed by atoms with Crippen molar-refractivity contribution >= 4 is 32.5 Å². The third-order valence-electron chi connectivity index (χ3n) is 3.39. The van der Waals surface area contributed by atoms with Gasteiger partial charge in [-0.25, -0.2) is 0 Å². The van der Waals surface area contributed by atoms with E-state index >= 15 is 0 Å². The van der Waals surface area contributed by atoms with Crippen LogP contribution in [0.25, 0.3) is 10.9 Å². The number of nitrogens with one attached hydrogen (secondary N) is 1. The second-order valence-corrected chi connectivity index (χ2v) is 5.62. The monoisotopic (exact) mass is 326 g/mol. The Morgan fingerprint density at radius 3 is 2.70 bits per heavy atom. The van der Waals surface area contributed by atoms with Crippen LogP contribution in [0.1, 0.15) is 18.5 Å². The minimum absolute atomic E-state index is 0.219. The highest BCUT2D eigenvalue weighted by molar-refractivity contribution is 9.10. The maximum Gasteiger partial charge on any atom is 0.0722 e. The van der Waals surface area contributed by atoms with Crippen molar-refractivity contribution in [1.82, 2.24) is 4.98 Å². The van der Waals surface area contributed by atoms with Gasteiger partial charge in [0, 0.05) is 27.8 Å². The number of benzene rings is 2. The van der Waals surface area contributed by atoms with Crippen molar-refractivity contribution < 1.29 is 0 Å². The first kappa shape index (κ1) is 13.1. The third kappa shape index (κ3) is 2.54. The normalized spacial score (nSPS) is 12.3. The van der Waals surface area contributed by atoms with E-state index in [1.54, 1.807) is 0 Å². The number of halogens is 1. The number of anilines is 1. The number of pyridine rings is 1. The molecule has 2 nitrogen and oxygen atoms in total. The molecule has 0 fully saturated rings. The summed E-state index contributed by atoms with van der Waals surface area (Å²) in [5, 5.41) is 4.72. The molecule has 0 bridgehead atoms. The standard InChI is InChI=1S/C17H15BrN2/c1-12(13-6-2-3-8-15(13)18)20-17-10-4-9-16-14(17)7-5-11-19-16/h2-12,20H,1H3. The van der Waals surface area contributed by atoms with Crippen molar-refractivity contribution in [3.63, 3.8) is 0 Å². The van der Waals surface area contributed by atoms with Crippen molar-refractivity contribution in [2.75, 3.05) is 5.32 Å². The van der Waals surface area contributed by atoms with Gasteiger partial charge in [0.05, 0.1) is 5.52 Å². The fraction of sp³-hybridized carbons (Fsp3) is 0.118. The molecule has 0 spiro atoms. The van der Waals surface area contributed by atoms with Crippen molar-refractivity contribution in [2.24, 2.45) is 0 Å². The van der Waals surface area contributed by atoms with Crippen LogP contribution in [-0.2, 0) is 0 Å². The Morgan fingerprint density at radius 2 is 1.85 bits per heavy atom. The summed E-state index contributed by atoms with van der Waals surface area (Å²) < 4.78 is 1.12. The Labute approximate surface area is 127 Å². The lowest BCUT2D eigenvalue weighted by atomic mass is 10.1. The molecule has 0 aliphatic heterocycles. The maximum absolute atomic E-state index is 4.39. The predicted molar refractivity (Wildman–Crippen MR) is 87.9 cm³/mol. The second kappa shape index (κ2) is 5.63. The molecule has 0 saturated heterocycles. The van der Waals surface area contributed by atoms with E-state index in [0.717, 1.165) is 21.1 Å². The van der Waals surface area contributed by atoms with Gasteiger partial charge in [-0.05, 0) is 42.8 Å². The molecule has 20 heavy (non-hydrogen) atoms. The van der Waals surface area contributed by atoms with Crippen LogP contribution in [0.3, 0.4) is 0 Å². The molecule has 1 unspecified atom stereocenters. The van der Waals surface area contributed by atoms with Crippen molar-refractivity contribution in [3.05, 3.63) is 70.8 Å². The molecule has 3 rings (SSSR count). The number of aromatic nitrogens is 1. The summed E-state index contributed by atoms with van der Waals surface area (Å²) in [7, 11) is 0. The summed E-state index contributed by atoms with van der Waals surface area (Å²) in [4.78, 5) is 4.39. The van der Waals surface area contributed by atoms with Gasteiger partial charge in [0.2, 0.25) is 0 Å². The first-order chi connectivity index (χ1) is 9.75. The van der Waals surface area contributed by atoms with Gasteiger partial charge in [0.25, 0.3) is 0 Å². The number of fused-ring (bicyclic) bond motifs is 1. The average molecular weight is 327 g/mol. The van der Waals surface area contributed by atoms with Gasteiger partial charge in [-0.15, -0.1) is 0 Å². The minimum Gasteiger partial charge on any atom is -0.378 e. The van der Waals surface area contributed by atoms with E-state index in [9.17, 15) is 0 Å². The van der Waals surface area contributed by atoms with Crippen LogP contribution in [0.15, 0.2) is 65.3 Å². The van der Waals surface area contributed by atoms with Gasteiger partial charge >= 0.3 is 0 Å². The topological polar surface area (TPSA) is 24.9 Å². The molecular formula is C17H15BrN2. The highest BCUT2D eigenvalue weighted by Gasteiger charge is 2.10. The Balaban J connectivity index is 1.96.